The SMILES string of the molecule is C[C@]12CCCCC1=CC(CC(=O)NO)[C@@H]1[C@H]2CC[C@@]2(C)[C@H]1CCC2(O)O. The molecule has 4 aliphatic rings. The maximum atomic E-state index is 12.0. The van der Waals surface area contributed by atoms with Crippen molar-refractivity contribution >= 4 is 5.91 Å². The molecule has 0 aliphatic heterocycles. The van der Waals surface area contributed by atoms with Crippen molar-refractivity contribution in [1.29, 1.82) is 0 Å². The van der Waals surface area contributed by atoms with Crippen LogP contribution < -0.4 is 5.48 Å². The fourth-order valence-corrected chi connectivity index (χ4v) is 7.30. The second kappa shape index (κ2) is 6.05. The molecule has 3 saturated carbocycles. The smallest absolute Gasteiger partial charge is 0.243 e. The molecule has 0 saturated heterocycles. The van der Waals surface area contributed by atoms with E-state index >= 15 is 0 Å². The molecule has 4 N–H and O–H groups in total. The van der Waals surface area contributed by atoms with Gasteiger partial charge in [-0.3, -0.25) is 10.0 Å². The van der Waals surface area contributed by atoms with Gasteiger partial charge in [-0.15, -0.1) is 0 Å². The van der Waals surface area contributed by atoms with Gasteiger partial charge in [0, 0.05) is 18.3 Å². The van der Waals surface area contributed by atoms with Crippen molar-refractivity contribution in [3.05, 3.63) is 11.6 Å². The highest BCUT2D eigenvalue weighted by atomic mass is 16.5. The van der Waals surface area contributed by atoms with Crippen molar-refractivity contribution in [3.8, 4) is 0 Å². The highest BCUT2D eigenvalue weighted by Crippen LogP contribution is 2.67. The number of carbonyl (C=O) groups excluding carboxylic acids is 1. The Balaban J connectivity index is 1.76. The first-order valence-electron chi connectivity index (χ1n) is 10.3. The van der Waals surface area contributed by atoms with E-state index < -0.39 is 11.2 Å². The molecule has 0 aromatic heterocycles. The topological polar surface area (TPSA) is 89.8 Å². The molecule has 5 nitrogen and oxygen atoms in total. The summed E-state index contributed by atoms with van der Waals surface area (Å²) in [7, 11) is 0. The summed E-state index contributed by atoms with van der Waals surface area (Å²) in [5.74, 6) is -0.889. The molecule has 6 atom stereocenters. The van der Waals surface area contributed by atoms with Crippen molar-refractivity contribution in [3.63, 3.8) is 0 Å². The molecular weight excluding hydrogens is 330 g/mol. The van der Waals surface area contributed by atoms with Gasteiger partial charge in [0.05, 0.1) is 0 Å². The Morgan fingerprint density at radius 1 is 1.15 bits per heavy atom. The molecule has 1 amide bonds. The maximum absolute atomic E-state index is 12.0. The van der Waals surface area contributed by atoms with Crippen molar-refractivity contribution in [1.82, 2.24) is 5.48 Å². The molecule has 0 spiro atoms. The Hall–Kier alpha value is -0.910. The average molecular weight is 363 g/mol. The van der Waals surface area contributed by atoms with Crippen molar-refractivity contribution in [2.24, 2.45) is 34.5 Å². The van der Waals surface area contributed by atoms with Crippen LogP contribution in [0.5, 0.6) is 0 Å². The second-order valence-corrected chi connectivity index (χ2v) is 9.82. The summed E-state index contributed by atoms with van der Waals surface area (Å²) in [4.78, 5) is 12.0. The fraction of sp³-hybridized carbons (Fsp3) is 0.857. The van der Waals surface area contributed by atoms with Gasteiger partial charge in [0.2, 0.25) is 5.91 Å². The van der Waals surface area contributed by atoms with Crippen molar-refractivity contribution in [2.45, 2.75) is 77.4 Å². The molecule has 26 heavy (non-hydrogen) atoms. The zero-order chi connectivity index (χ0) is 18.7. The zero-order valence-electron chi connectivity index (χ0n) is 16.0. The quantitative estimate of drug-likeness (QED) is 0.263. The standard InChI is InChI=1S/C21H33NO4/c1-19-8-4-3-5-14(19)11-13(12-17(23)22-26)18-15(19)6-9-20(2)16(18)7-10-21(20,24)25/h11,13,15-16,18,24-26H,3-10,12H2,1-2H3,(H,22,23)/t13?,15-,16+,18-,19+,20+/m1/s1. The largest absolute Gasteiger partial charge is 0.365 e. The van der Waals surface area contributed by atoms with Gasteiger partial charge in [-0.1, -0.05) is 31.9 Å². The van der Waals surface area contributed by atoms with E-state index in [1.54, 1.807) is 0 Å². The molecule has 0 heterocycles. The number of hydrogen-bond donors (Lipinski definition) is 4. The predicted octanol–water partition coefficient (Wildman–Crippen LogP) is 3.14. The second-order valence-electron chi connectivity index (χ2n) is 9.82. The number of allylic oxidation sites excluding steroid dienone is 2. The summed E-state index contributed by atoms with van der Waals surface area (Å²) in [5, 5.41) is 30.4. The lowest BCUT2D eigenvalue weighted by Crippen LogP contribution is -2.56. The minimum atomic E-state index is -1.61. The first kappa shape index (κ1) is 18.5. The molecule has 0 aromatic carbocycles. The lowest BCUT2D eigenvalue weighted by Gasteiger charge is -2.60. The van der Waals surface area contributed by atoms with Crippen LogP contribution in [0, 0.1) is 34.5 Å². The van der Waals surface area contributed by atoms with Crippen LogP contribution in [-0.2, 0) is 4.79 Å². The summed E-state index contributed by atoms with van der Waals surface area (Å²) in [5.41, 5.74) is 2.99. The molecule has 4 aliphatic carbocycles. The van der Waals surface area contributed by atoms with Gasteiger partial charge in [0.1, 0.15) is 0 Å². The highest BCUT2D eigenvalue weighted by molar-refractivity contribution is 5.75. The number of amides is 1. The Kier molecular flexibility index (Phi) is 4.29. The number of carbonyl (C=O) groups is 1. The van der Waals surface area contributed by atoms with E-state index in [0.29, 0.717) is 12.3 Å². The minimum Gasteiger partial charge on any atom is -0.365 e. The Morgan fingerprint density at radius 3 is 2.62 bits per heavy atom. The summed E-state index contributed by atoms with van der Waals surface area (Å²) in [6, 6.07) is 0. The summed E-state index contributed by atoms with van der Waals surface area (Å²) < 4.78 is 0. The number of nitrogens with one attached hydrogen (secondary N) is 1. The summed E-state index contributed by atoms with van der Waals surface area (Å²) in [6.45, 7) is 4.44. The summed E-state index contributed by atoms with van der Waals surface area (Å²) in [6.07, 6.45) is 10.5. The van der Waals surface area contributed by atoms with Gasteiger partial charge in [-0.2, -0.15) is 0 Å². The van der Waals surface area contributed by atoms with E-state index in [2.05, 4.69) is 13.0 Å². The Morgan fingerprint density at radius 2 is 1.88 bits per heavy atom. The van der Waals surface area contributed by atoms with Crippen LogP contribution in [0.1, 0.15) is 71.6 Å². The molecule has 5 heteroatoms. The van der Waals surface area contributed by atoms with Crippen LogP contribution in [0.25, 0.3) is 0 Å². The van der Waals surface area contributed by atoms with Gasteiger partial charge in [-0.05, 0) is 67.6 Å². The Bertz CT molecular complexity index is 630. The van der Waals surface area contributed by atoms with E-state index in [1.807, 2.05) is 12.4 Å². The number of hydrogen-bond acceptors (Lipinski definition) is 4. The van der Waals surface area contributed by atoms with Gasteiger partial charge < -0.3 is 10.2 Å². The number of hydroxylamine groups is 1. The molecule has 1 unspecified atom stereocenters. The minimum absolute atomic E-state index is 0.0758. The molecular formula is C21H33NO4. The first-order valence-corrected chi connectivity index (χ1v) is 10.3. The lowest BCUT2D eigenvalue weighted by molar-refractivity contribution is -0.248. The van der Waals surface area contributed by atoms with Gasteiger partial charge in [-0.25, -0.2) is 5.48 Å². The van der Waals surface area contributed by atoms with E-state index in [0.717, 1.165) is 25.7 Å². The maximum Gasteiger partial charge on any atom is 0.243 e. The number of fused-ring (bicyclic) bond motifs is 5. The van der Waals surface area contributed by atoms with Crippen LogP contribution in [0.15, 0.2) is 11.6 Å². The predicted molar refractivity (Wildman–Crippen MR) is 96.9 cm³/mol. The molecule has 3 fully saturated rings. The van der Waals surface area contributed by atoms with Crippen LogP contribution in [0.3, 0.4) is 0 Å². The zero-order valence-corrected chi connectivity index (χ0v) is 16.0. The van der Waals surface area contributed by atoms with Crippen LogP contribution >= 0.6 is 0 Å². The fourth-order valence-electron chi connectivity index (χ4n) is 7.30. The van der Waals surface area contributed by atoms with E-state index in [-0.39, 0.29) is 35.5 Å². The van der Waals surface area contributed by atoms with Crippen LogP contribution in [0.4, 0.5) is 0 Å². The van der Waals surface area contributed by atoms with Crippen molar-refractivity contribution < 1.29 is 20.2 Å². The van der Waals surface area contributed by atoms with Gasteiger partial charge in [0.15, 0.2) is 5.79 Å². The summed E-state index contributed by atoms with van der Waals surface area (Å²) >= 11 is 0. The first-order chi connectivity index (χ1) is 12.2. The van der Waals surface area contributed by atoms with Gasteiger partial charge >= 0.3 is 0 Å². The Labute approximate surface area is 155 Å². The average Bonchev–Trinajstić information content (AvgIpc) is 2.85. The molecule has 4 rings (SSSR count). The number of aliphatic hydroxyl groups is 2. The van der Waals surface area contributed by atoms with Crippen molar-refractivity contribution in [2.75, 3.05) is 0 Å². The third-order valence-electron chi connectivity index (χ3n) is 8.84. The monoisotopic (exact) mass is 363 g/mol. The third kappa shape index (κ3) is 2.43. The van der Waals surface area contributed by atoms with Crippen LogP contribution in [0.2, 0.25) is 0 Å². The number of rotatable bonds is 2. The molecule has 0 bridgehead atoms. The van der Waals surface area contributed by atoms with E-state index in [4.69, 9.17) is 5.21 Å². The molecule has 0 radical (unpaired) electrons. The van der Waals surface area contributed by atoms with E-state index in [9.17, 15) is 15.0 Å². The normalized spacial score (nSPS) is 46.6. The lowest BCUT2D eigenvalue weighted by atomic mass is 9.45. The van der Waals surface area contributed by atoms with Gasteiger partial charge in [0.25, 0.3) is 0 Å². The molecule has 146 valence electrons. The van der Waals surface area contributed by atoms with E-state index in [1.165, 1.54) is 24.8 Å². The highest BCUT2D eigenvalue weighted by Gasteiger charge is 2.64. The molecule has 0 aromatic rings. The van der Waals surface area contributed by atoms with Crippen LogP contribution in [-0.4, -0.2) is 27.1 Å². The third-order valence-corrected chi connectivity index (χ3v) is 8.84.